The van der Waals surface area contributed by atoms with E-state index >= 15 is 0 Å². The van der Waals surface area contributed by atoms with Crippen LogP contribution in [0.5, 0.6) is 0 Å². The first-order valence-corrected chi connectivity index (χ1v) is 17.1. The smallest absolute Gasteiger partial charge is 0.136 e. The minimum Gasteiger partial charge on any atom is -0.456 e. The van der Waals surface area contributed by atoms with Gasteiger partial charge in [-0.2, -0.15) is 0 Å². The van der Waals surface area contributed by atoms with E-state index in [2.05, 4.69) is 193 Å². The first kappa shape index (κ1) is 28.4. The number of fused-ring (bicyclic) bond motifs is 8. The van der Waals surface area contributed by atoms with E-state index in [9.17, 15) is 0 Å². The average Bonchev–Trinajstić information content (AvgIpc) is 3.57. The van der Waals surface area contributed by atoms with Gasteiger partial charge in [0.15, 0.2) is 0 Å². The van der Waals surface area contributed by atoms with E-state index in [-0.39, 0.29) is 0 Å². The average molecular weight is 638 g/mol. The lowest BCUT2D eigenvalue weighted by atomic mass is 9.99. The van der Waals surface area contributed by atoms with Crippen LogP contribution in [0.15, 0.2) is 192 Å². The van der Waals surface area contributed by atoms with E-state index in [4.69, 9.17) is 4.42 Å². The summed E-state index contributed by atoms with van der Waals surface area (Å²) in [6.07, 6.45) is 0. The molecule has 9 aromatic carbocycles. The van der Waals surface area contributed by atoms with Crippen molar-refractivity contribution in [3.05, 3.63) is 188 Å². The molecular formula is C48H31NO. The summed E-state index contributed by atoms with van der Waals surface area (Å²) in [5.74, 6) is 0. The molecule has 10 aromatic rings. The van der Waals surface area contributed by atoms with Crippen molar-refractivity contribution in [2.75, 3.05) is 4.90 Å². The molecule has 0 bridgehead atoms. The summed E-state index contributed by atoms with van der Waals surface area (Å²) in [6, 6.07) is 67.6. The zero-order chi connectivity index (χ0) is 33.0. The maximum Gasteiger partial charge on any atom is 0.136 e. The van der Waals surface area contributed by atoms with Gasteiger partial charge in [0.1, 0.15) is 11.2 Å². The highest BCUT2D eigenvalue weighted by Gasteiger charge is 2.16. The highest BCUT2D eigenvalue weighted by molar-refractivity contribution is 6.19. The van der Waals surface area contributed by atoms with Crippen LogP contribution < -0.4 is 4.90 Å². The van der Waals surface area contributed by atoms with Crippen LogP contribution in [-0.2, 0) is 0 Å². The molecule has 0 saturated carbocycles. The van der Waals surface area contributed by atoms with Gasteiger partial charge in [-0.25, -0.2) is 0 Å². The van der Waals surface area contributed by atoms with E-state index in [0.717, 1.165) is 44.7 Å². The van der Waals surface area contributed by atoms with Gasteiger partial charge in [0.25, 0.3) is 0 Å². The second-order valence-corrected chi connectivity index (χ2v) is 13.0. The molecule has 1 heterocycles. The fourth-order valence-corrected chi connectivity index (χ4v) is 7.57. The molecule has 0 atom stereocenters. The van der Waals surface area contributed by atoms with Crippen molar-refractivity contribution in [3.8, 4) is 22.3 Å². The largest absolute Gasteiger partial charge is 0.456 e. The number of nitrogens with zero attached hydrogens (tertiary/aromatic N) is 1. The summed E-state index contributed by atoms with van der Waals surface area (Å²) in [6.45, 7) is 0. The van der Waals surface area contributed by atoms with Crippen LogP contribution in [-0.4, -0.2) is 0 Å². The minimum absolute atomic E-state index is 0.908. The van der Waals surface area contributed by atoms with Gasteiger partial charge in [0.2, 0.25) is 0 Å². The molecule has 2 nitrogen and oxygen atoms in total. The highest BCUT2D eigenvalue weighted by atomic mass is 16.3. The van der Waals surface area contributed by atoms with Crippen LogP contribution in [0.4, 0.5) is 17.1 Å². The Morgan fingerprint density at radius 2 is 0.880 bits per heavy atom. The SMILES string of the molecule is c1ccc(-c2cccc(N(c3ccc(-c4ccc5oc6ccc7ccccc7c6c5c4)cc3)c3ccc4c(ccc5ccccc54)c3)c2)cc1. The zero-order valence-electron chi connectivity index (χ0n) is 27.3. The van der Waals surface area contributed by atoms with E-state index in [1.165, 1.54) is 48.8 Å². The van der Waals surface area contributed by atoms with Crippen LogP contribution in [0.2, 0.25) is 0 Å². The van der Waals surface area contributed by atoms with Crippen molar-refractivity contribution < 1.29 is 4.42 Å². The Labute approximate surface area is 290 Å². The lowest BCUT2D eigenvalue weighted by Gasteiger charge is -2.27. The maximum atomic E-state index is 6.29. The molecule has 0 aliphatic rings. The van der Waals surface area contributed by atoms with Gasteiger partial charge < -0.3 is 9.32 Å². The van der Waals surface area contributed by atoms with E-state index in [1.54, 1.807) is 0 Å². The van der Waals surface area contributed by atoms with Gasteiger partial charge in [0.05, 0.1) is 0 Å². The number of hydrogen-bond donors (Lipinski definition) is 0. The van der Waals surface area contributed by atoms with Crippen molar-refractivity contribution in [2.45, 2.75) is 0 Å². The molecule has 0 amide bonds. The summed E-state index contributed by atoms with van der Waals surface area (Å²) in [5, 5.41) is 9.75. The Bertz CT molecular complexity index is 2870. The number of anilines is 3. The lowest BCUT2D eigenvalue weighted by molar-refractivity contribution is 0.669. The number of furan rings is 1. The molecule has 0 saturated heterocycles. The maximum absolute atomic E-state index is 6.29. The molecular weight excluding hydrogens is 607 g/mol. The second kappa shape index (κ2) is 11.5. The first-order chi connectivity index (χ1) is 24.8. The third-order valence-electron chi connectivity index (χ3n) is 10.0. The Kier molecular flexibility index (Phi) is 6.53. The van der Waals surface area contributed by atoms with Gasteiger partial charge in [-0.3, -0.25) is 0 Å². The lowest BCUT2D eigenvalue weighted by Crippen LogP contribution is -2.10. The Morgan fingerprint density at radius 1 is 0.300 bits per heavy atom. The molecule has 1 aromatic heterocycles. The van der Waals surface area contributed by atoms with Crippen molar-refractivity contribution in [3.63, 3.8) is 0 Å². The summed E-state index contributed by atoms with van der Waals surface area (Å²) in [5.41, 5.74) is 9.85. The molecule has 10 rings (SSSR count). The van der Waals surface area contributed by atoms with Gasteiger partial charge in [0, 0.05) is 27.8 Å². The Hall–Kier alpha value is -6.64. The fourth-order valence-electron chi connectivity index (χ4n) is 7.57. The monoisotopic (exact) mass is 637 g/mol. The van der Waals surface area contributed by atoms with Crippen LogP contribution >= 0.6 is 0 Å². The van der Waals surface area contributed by atoms with Crippen LogP contribution in [0.25, 0.3) is 76.5 Å². The van der Waals surface area contributed by atoms with E-state index < -0.39 is 0 Å². The Balaban J connectivity index is 1.10. The summed E-state index contributed by atoms with van der Waals surface area (Å²) >= 11 is 0. The van der Waals surface area contributed by atoms with Crippen LogP contribution in [0.3, 0.4) is 0 Å². The molecule has 0 fully saturated rings. The van der Waals surface area contributed by atoms with E-state index in [1.807, 2.05) is 0 Å². The quantitative estimate of drug-likeness (QED) is 0.175. The second-order valence-electron chi connectivity index (χ2n) is 13.0. The summed E-state index contributed by atoms with van der Waals surface area (Å²) in [7, 11) is 0. The molecule has 0 aliphatic carbocycles. The van der Waals surface area contributed by atoms with Crippen LogP contribution in [0.1, 0.15) is 0 Å². The molecule has 2 heteroatoms. The number of rotatable bonds is 5. The van der Waals surface area contributed by atoms with Crippen molar-refractivity contribution >= 4 is 71.3 Å². The van der Waals surface area contributed by atoms with Crippen molar-refractivity contribution in [1.29, 1.82) is 0 Å². The van der Waals surface area contributed by atoms with Gasteiger partial charge in [-0.05, 0) is 109 Å². The topological polar surface area (TPSA) is 16.4 Å². The number of benzene rings is 9. The van der Waals surface area contributed by atoms with Crippen LogP contribution in [0, 0.1) is 0 Å². The predicted octanol–water partition coefficient (Wildman–Crippen LogP) is 13.8. The summed E-state index contributed by atoms with van der Waals surface area (Å²) in [4.78, 5) is 2.36. The Morgan fingerprint density at radius 3 is 1.74 bits per heavy atom. The molecule has 234 valence electrons. The first-order valence-electron chi connectivity index (χ1n) is 17.1. The highest BCUT2D eigenvalue weighted by Crippen LogP contribution is 2.41. The third kappa shape index (κ3) is 4.73. The molecule has 0 aliphatic heterocycles. The zero-order valence-corrected chi connectivity index (χ0v) is 27.3. The molecule has 0 spiro atoms. The molecule has 0 radical (unpaired) electrons. The predicted molar refractivity (Wildman–Crippen MR) is 212 cm³/mol. The number of hydrogen-bond acceptors (Lipinski definition) is 2. The van der Waals surface area contributed by atoms with Gasteiger partial charge in [-0.1, -0.05) is 133 Å². The molecule has 0 N–H and O–H groups in total. The fraction of sp³-hybridized carbons (Fsp3) is 0. The van der Waals surface area contributed by atoms with Crippen molar-refractivity contribution in [1.82, 2.24) is 0 Å². The molecule has 50 heavy (non-hydrogen) atoms. The summed E-state index contributed by atoms with van der Waals surface area (Å²) < 4.78 is 6.29. The normalized spacial score (nSPS) is 11.6. The standard InChI is InChI=1S/C48H31NO/c1-2-9-32(10-3-1)36-13-8-14-40(29-36)49(41-25-26-43-38(30-41)18-17-34-11-4-6-15-42(34)43)39-23-19-33(20-24-39)37-22-27-46-45(31-37)48-44-16-7-5-12-35(44)21-28-47(48)50-46/h1-31H. The van der Waals surface area contributed by atoms with E-state index in [0.29, 0.717) is 0 Å². The molecule has 0 unspecified atom stereocenters. The van der Waals surface area contributed by atoms with Crippen molar-refractivity contribution in [2.24, 2.45) is 0 Å². The third-order valence-corrected chi connectivity index (χ3v) is 10.0. The minimum atomic E-state index is 0.908. The van der Waals surface area contributed by atoms with Gasteiger partial charge in [-0.15, -0.1) is 0 Å². The van der Waals surface area contributed by atoms with Gasteiger partial charge >= 0.3 is 0 Å².